The van der Waals surface area contributed by atoms with Gasteiger partial charge < -0.3 is 9.80 Å². The van der Waals surface area contributed by atoms with Crippen LogP contribution in [0.4, 0.5) is 5.82 Å². The lowest BCUT2D eigenvalue weighted by Gasteiger charge is -2.34. The first kappa shape index (κ1) is 16.9. The van der Waals surface area contributed by atoms with Crippen LogP contribution in [-0.4, -0.2) is 40.4 Å². The number of thiazole rings is 1. The van der Waals surface area contributed by atoms with Crippen molar-refractivity contribution in [3.63, 3.8) is 0 Å². The van der Waals surface area contributed by atoms with Crippen molar-refractivity contribution in [2.75, 3.05) is 24.5 Å². The molecule has 1 saturated heterocycles. The average molecular weight is 344 g/mol. The third-order valence-electron chi connectivity index (χ3n) is 4.58. The molecular weight excluding hydrogens is 320 g/mol. The van der Waals surface area contributed by atoms with Crippen LogP contribution in [0.5, 0.6) is 0 Å². The van der Waals surface area contributed by atoms with Gasteiger partial charge in [0.25, 0.3) is 5.91 Å². The summed E-state index contributed by atoms with van der Waals surface area (Å²) < 4.78 is 0. The van der Waals surface area contributed by atoms with Gasteiger partial charge in [-0.05, 0) is 45.2 Å². The smallest absolute Gasteiger partial charge is 0.256 e. The van der Waals surface area contributed by atoms with E-state index in [1.54, 1.807) is 17.5 Å². The number of carbonyl (C=O) groups excluding carboxylic acids is 1. The van der Waals surface area contributed by atoms with Gasteiger partial charge in [0.15, 0.2) is 0 Å². The maximum absolute atomic E-state index is 13.0. The fourth-order valence-electron chi connectivity index (χ4n) is 3.24. The van der Waals surface area contributed by atoms with Gasteiger partial charge in [-0.2, -0.15) is 0 Å². The molecule has 0 saturated carbocycles. The second kappa shape index (κ2) is 7.75. The zero-order valence-electron chi connectivity index (χ0n) is 14.3. The number of amides is 1. The Labute approximate surface area is 147 Å². The summed E-state index contributed by atoms with van der Waals surface area (Å²) in [6, 6.07) is 3.95. The fraction of sp³-hybridized carbons (Fsp3) is 0.500. The molecule has 6 heteroatoms. The number of pyridine rings is 1. The van der Waals surface area contributed by atoms with Crippen LogP contribution >= 0.6 is 11.3 Å². The highest BCUT2D eigenvalue weighted by molar-refractivity contribution is 7.09. The topological polar surface area (TPSA) is 49.3 Å². The summed E-state index contributed by atoms with van der Waals surface area (Å²) in [6.07, 6.45) is 6.72. The lowest BCUT2D eigenvalue weighted by molar-refractivity contribution is 0.0611. The number of nitrogens with zero attached hydrogens (tertiary/aromatic N) is 4. The van der Waals surface area contributed by atoms with Gasteiger partial charge in [0.2, 0.25) is 0 Å². The summed E-state index contributed by atoms with van der Waals surface area (Å²) in [4.78, 5) is 26.0. The molecule has 0 unspecified atom stereocenters. The molecule has 2 aromatic rings. The van der Waals surface area contributed by atoms with Crippen molar-refractivity contribution in [2.24, 2.45) is 0 Å². The summed E-state index contributed by atoms with van der Waals surface area (Å²) in [6.45, 7) is 6.83. The number of piperidine rings is 1. The lowest BCUT2D eigenvalue weighted by Crippen LogP contribution is -2.38. The molecule has 3 heterocycles. The number of aromatic nitrogens is 2. The Bertz CT molecular complexity index is 652. The van der Waals surface area contributed by atoms with E-state index in [4.69, 9.17) is 0 Å². The third kappa shape index (κ3) is 3.43. The van der Waals surface area contributed by atoms with Crippen LogP contribution in [0, 0.1) is 0 Å². The van der Waals surface area contributed by atoms with Crippen LogP contribution < -0.4 is 4.90 Å². The van der Waals surface area contributed by atoms with E-state index >= 15 is 0 Å². The molecule has 1 aliphatic rings. The normalized spacial score (nSPS) is 17.8. The molecule has 1 atom stereocenters. The van der Waals surface area contributed by atoms with Crippen molar-refractivity contribution in [1.29, 1.82) is 0 Å². The van der Waals surface area contributed by atoms with Gasteiger partial charge in [0, 0.05) is 37.4 Å². The van der Waals surface area contributed by atoms with E-state index < -0.39 is 0 Å². The summed E-state index contributed by atoms with van der Waals surface area (Å²) >= 11 is 1.63. The minimum Gasteiger partial charge on any atom is -0.357 e. The first-order valence-electron chi connectivity index (χ1n) is 8.66. The Hall–Kier alpha value is -1.95. The van der Waals surface area contributed by atoms with Gasteiger partial charge in [-0.25, -0.2) is 9.97 Å². The van der Waals surface area contributed by atoms with Crippen molar-refractivity contribution in [1.82, 2.24) is 14.9 Å². The van der Waals surface area contributed by atoms with E-state index in [0.717, 1.165) is 49.7 Å². The van der Waals surface area contributed by atoms with Gasteiger partial charge >= 0.3 is 0 Å². The van der Waals surface area contributed by atoms with E-state index in [2.05, 4.69) is 28.7 Å². The molecular formula is C18H24N4OS. The molecule has 0 bridgehead atoms. The Kier molecular flexibility index (Phi) is 5.45. The van der Waals surface area contributed by atoms with Crippen LogP contribution in [-0.2, 0) is 0 Å². The van der Waals surface area contributed by atoms with Crippen molar-refractivity contribution in [2.45, 2.75) is 39.2 Å². The van der Waals surface area contributed by atoms with Gasteiger partial charge in [0.05, 0.1) is 11.6 Å². The molecule has 2 aromatic heterocycles. The number of hydrogen-bond donors (Lipinski definition) is 0. The van der Waals surface area contributed by atoms with Crippen molar-refractivity contribution < 1.29 is 4.79 Å². The summed E-state index contributed by atoms with van der Waals surface area (Å²) in [5.41, 5.74) is 0.661. The number of hydrogen-bond acceptors (Lipinski definition) is 5. The zero-order chi connectivity index (χ0) is 16.9. The van der Waals surface area contributed by atoms with Crippen LogP contribution in [0.3, 0.4) is 0 Å². The molecule has 24 heavy (non-hydrogen) atoms. The Balaban J connectivity index is 1.79. The van der Waals surface area contributed by atoms with Crippen LogP contribution in [0.1, 0.15) is 54.5 Å². The first-order valence-corrected chi connectivity index (χ1v) is 9.54. The molecule has 0 aliphatic carbocycles. The minimum atomic E-state index is 0.0634. The monoisotopic (exact) mass is 344 g/mol. The standard InChI is InChI=1S/C18H24N4OS/c1-3-21(4-2)16-9-8-14(13-20-16)18(23)22-11-6-5-7-15(22)17-19-10-12-24-17/h8-10,12-13,15H,3-7,11H2,1-2H3/t15-/m1/s1. The Morgan fingerprint density at radius 1 is 1.29 bits per heavy atom. The zero-order valence-corrected chi connectivity index (χ0v) is 15.1. The highest BCUT2D eigenvalue weighted by Gasteiger charge is 2.30. The molecule has 5 nitrogen and oxygen atoms in total. The van der Waals surface area contributed by atoms with E-state index in [1.165, 1.54) is 0 Å². The summed E-state index contributed by atoms with van der Waals surface area (Å²) in [5.74, 6) is 0.986. The SMILES string of the molecule is CCN(CC)c1ccc(C(=O)N2CCCC[C@@H]2c2nccs2)cn1. The molecule has 1 fully saturated rings. The predicted octanol–water partition coefficient (Wildman–Crippen LogP) is 3.75. The van der Waals surface area contributed by atoms with Gasteiger partial charge in [-0.15, -0.1) is 11.3 Å². The molecule has 1 aliphatic heterocycles. The third-order valence-corrected chi connectivity index (χ3v) is 5.46. The number of rotatable bonds is 5. The van der Waals surface area contributed by atoms with Crippen molar-refractivity contribution in [3.8, 4) is 0 Å². The largest absolute Gasteiger partial charge is 0.357 e. The fourth-order valence-corrected chi connectivity index (χ4v) is 4.03. The highest BCUT2D eigenvalue weighted by Crippen LogP contribution is 2.33. The van der Waals surface area contributed by atoms with E-state index in [1.807, 2.05) is 28.6 Å². The second-order valence-electron chi connectivity index (χ2n) is 5.96. The van der Waals surface area contributed by atoms with Crippen molar-refractivity contribution >= 4 is 23.1 Å². The predicted molar refractivity (Wildman–Crippen MR) is 97.5 cm³/mol. The number of anilines is 1. The highest BCUT2D eigenvalue weighted by atomic mass is 32.1. The van der Waals surface area contributed by atoms with E-state index in [-0.39, 0.29) is 11.9 Å². The Morgan fingerprint density at radius 2 is 2.12 bits per heavy atom. The van der Waals surface area contributed by atoms with Crippen LogP contribution in [0.15, 0.2) is 29.9 Å². The van der Waals surface area contributed by atoms with Gasteiger partial charge in [-0.1, -0.05) is 0 Å². The quantitative estimate of drug-likeness (QED) is 0.829. The maximum Gasteiger partial charge on any atom is 0.256 e. The number of likely N-dealkylation sites (tertiary alicyclic amines) is 1. The molecule has 0 radical (unpaired) electrons. The lowest BCUT2D eigenvalue weighted by atomic mass is 10.0. The maximum atomic E-state index is 13.0. The molecule has 0 N–H and O–H groups in total. The van der Waals surface area contributed by atoms with Crippen LogP contribution in [0.2, 0.25) is 0 Å². The minimum absolute atomic E-state index is 0.0634. The second-order valence-corrected chi connectivity index (χ2v) is 6.88. The molecule has 128 valence electrons. The van der Waals surface area contributed by atoms with Crippen LogP contribution in [0.25, 0.3) is 0 Å². The summed E-state index contributed by atoms with van der Waals surface area (Å²) in [5, 5.41) is 3.02. The molecule has 0 aromatic carbocycles. The van der Waals surface area contributed by atoms with Gasteiger partial charge in [-0.3, -0.25) is 4.79 Å². The van der Waals surface area contributed by atoms with Gasteiger partial charge in [0.1, 0.15) is 10.8 Å². The summed E-state index contributed by atoms with van der Waals surface area (Å²) in [7, 11) is 0. The average Bonchev–Trinajstić information content (AvgIpc) is 3.17. The molecule has 0 spiro atoms. The van der Waals surface area contributed by atoms with Crippen molar-refractivity contribution in [3.05, 3.63) is 40.5 Å². The van der Waals surface area contributed by atoms with E-state index in [9.17, 15) is 4.79 Å². The van der Waals surface area contributed by atoms with E-state index in [0.29, 0.717) is 5.56 Å². The molecule has 3 rings (SSSR count). The number of carbonyl (C=O) groups is 1. The molecule has 1 amide bonds. The first-order chi connectivity index (χ1) is 11.7. The Morgan fingerprint density at radius 3 is 2.75 bits per heavy atom.